The number of hydrogen-bond acceptors (Lipinski definition) is 4. The molecule has 6 heteroatoms. The van der Waals surface area contributed by atoms with E-state index in [2.05, 4.69) is 0 Å². The molecule has 0 unspecified atom stereocenters. The first kappa shape index (κ1) is 36.1. The van der Waals surface area contributed by atoms with Gasteiger partial charge in [-0.15, -0.1) is 0 Å². The molecule has 4 nitrogen and oxygen atoms in total. The first-order valence-corrected chi connectivity index (χ1v) is 16.0. The maximum absolute atomic E-state index is 12.0. The standard InChI is InChI=1S/C18H34OSi.3C3H8O.Zr/c19-20(16-10-4-1-5-11-16,17-12-6-2-7-13-17)18-14-8-3-9-15-18;3*1-3(2)4;/h16-19H,1-15H2;3*3-4H,1-2H3;. The van der Waals surface area contributed by atoms with Crippen LogP contribution in [0.5, 0.6) is 0 Å². The smallest absolute Gasteiger partial charge is 0.197 e. The van der Waals surface area contributed by atoms with Gasteiger partial charge in [0.2, 0.25) is 0 Å². The van der Waals surface area contributed by atoms with Crippen LogP contribution in [0.15, 0.2) is 0 Å². The second-order valence-corrected chi connectivity index (χ2v) is 15.4. The van der Waals surface area contributed by atoms with Crippen molar-refractivity contribution in [3.05, 3.63) is 0 Å². The summed E-state index contributed by atoms with van der Waals surface area (Å²) in [4.78, 5) is 12.0. The number of rotatable bonds is 3. The predicted molar refractivity (Wildman–Crippen MR) is 141 cm³/mol. The summed E-state index contributed by atoms with van der Waals surface area (Å²) in [6.45, 7) is 10.3. The van der Waals surface area contributed by atoms with Crippen LogP contribution in [0.25, 0.3) is 0 Å². The van der Waals surface area contributed by atoms with Crippen molar-refractivity contribution in [1.82, 2.24) is 0 Å². The third kappa shape index (κ3) is 17.1. The van der Waals surface area contributed by atoms with Gasteiger partial charge in [-0.2, -0.15) is 0 Å². The predicted octanol–water partition coefficient (Wildman–Crippen LogP) is 7.09. The summed E-state index contributed by atoms with van der Waals surface area (Å²) in [6.07, 6.45) is 20.4. The molecule has 3 aliphatic carbocycles. The minimum Gasteiger partial charge on any atom is -0.431 e. The molecule has 0 heterocycles. The molecule has 4 N–H and O–H groups in total. The molecule has 0 aliphatic heterocycles. The summed E-state index contributed by atoms with van der Waals surface area (Å²) in [5, 5.41) is 24.2. The van der Waals surface area contributed by atoms with Crippen molar-refractivity contribution >= 4 is 8.32 Å². The summed E-state index contributed by atoms with van der Waals surface area (Å²) in [7, 11) is -2.05. The van der Waals surface area contributed by atoms with Gasteiger partial charge in [0.25, 0.3) is 0 Å². The number of aliphatic hydroxyl groups is 3. The quantitative estimate of drug-likeness (QED) is 0.276. The van der Waals surface area contributed by atoms with E-state index in [9.17, 15) is 4.80 Å². The van der Waals surface area contributed by atoms with Gasteiger partial charge >= 0.3 is 0 Å². The molecule has 0 spiro atoms. The maximum atomic E-state index is 12.0. The molecule has 33 heavy (non-hydrogen) atoms. The molecule has 3 aliphatic rings. The topological polar surface area (TPSA) is 80.9 Å². The van der Waals surface area contributed by atoms with Gasteiger partial charge in [0.05, 0.1) is 0 Å². The molecule has 0 saturated heterocycles. The van der Waals surface area contributed by atoms with Crippen molar-refractivity contribution in [3.8, 4) is 0 Å². The Labute approximate surface area is 226 Å². The van der Waals surface area contributed by atoms with Crippen LogP contribution in [-0.4, -0.2) is 46.7 Å². The van der Waals surface area contributed by atoms with Crippen molar-refractivity contribution in [3.63, 3.8) is 0 Å². The van der Waals surface area contributed by atoms with E-state index in [0.717, 1.165) is 16.6 Å². The van der Waals surface area contributed by atoms with Gasteiger partial charge in [0, 0.05) is 44.5 Å². The largest absolute Gasteiger partial charge is 0.431 e. The zero-order chi connectivity index (χ0) is 24.6. The van der Waals surface area contributed by atoms with Crippen molar-refractivity contribution in [2.45, 2.75) is 173 Å². The van der Waals surface area contributed by atoms with Gasteiger partial charge in [-0.25, -0.2) is 0 Å². The van der Waals surface area contributed by atoms with Crippen molar-refractivity contribution < 1.29 is 46.3 Å². The van der Waals surface area contributed by atoms with Crippen molar-refractivity contribution in [2.24, 2.45) is 0 Å². The molecule has 0 aromatic rings. The molecule has 0 aromatic carbocycles. The van der Waals surface area contributed by atoms with Crippen LogP contribution in [0.2, 0.25) is 16.6 Å². The molecule has 0 amide bonds. The van der Waals surface area contributed by atoms with Crippen LogP contribution in [-0.2, 0) is 26.2 Å². The molecule has 0 bridgehead atoms. The van der Waals surface area contributed by atoms with Crippen LogP contribution in [0, 0.1) is 0 Å². The Kier molecular flexibility index (Phi) is 23.0. The fourth-order valence-corrected chi connectivity index (χ4v) is 11.7. The minimum atomic E-state index is -2.05. The maximum Gasteiger partial charge on any atom is 0.197 e. The van der Waals surface area contributed by atoms with E-state index in [0.29, 0.717) is 0 Å². The van der Waals surface area contributed by atoms with E-state index >= 15 is 0 Å². The van der Waals surface area contributed by atoms with Crippen LogP contribution in [0.1, 0.15) is 138 Å². The van der Waals surface area contributed by atoms with Crippen LogP contribution in [0.4, 0.5) is 0 Å². The summed E-state index contributed by atoms with van der Waals surface area (Å²) in [5.74, 6) is 0. The van der Waals surface area contributed by atoms with Crippen LogP contribution in [0.3, 0.4) is 0 Å². The third-order valence-electron chi connectivity index (χ3n) is 6.78. The zero-order valence-electron chi connectivity index (χ0n) is 22.9. The van der Waals surface area contributed by atoms with E-state index in [1.165, 1.54) is 96.3 Å². The normalized spacial score (nSPS) is 20.6. The summed E-state index contributed by atoms with van der Waals surface area (Å²) in [5.41, 5.74) is 2.30. The van der Waals surface area contributed by atoms with Gasteiger partial charge in [-0.05, 0) is 58.2 Å². The van der Waals surface area contributed by atoms with Crippen molar-refractivity contribution in [1.29, 1.82) is 0 Å². The van der Waals surface area contributed by atoms with Gasteiger partial charge in [0.1, 0.15) is 0 Å². The molecule has 0 radical (unpaired) electrons. The Morgan fingerprint density at radius 2 is 0.606 bits per heavy atom. The van der Waals surface area contributed by atoms with E-state index in [-0.39, 0.29) is 44.5 Å². The number of aliphatic hydroxyl groups excluding tert-OH is 3. The Morgan fingerprint density at radius 3 is 0.758 bits per heavy atom. The molecule has 0 atom stereocenters. The fourth-order valence-electron chi connectivity index (χ4n) is 5.70. The first-order chi connectivity index (χ1) is 15.0. The average Bonchev–Trinajstić information content (AvgIpc) is 2.74. The second-order valence-electron chi connectivity index (χ2n) is 11.2. The molecule has 3 fully saturated rings. The minimum absolute atomic E-state index is 0. The van der Waals surface area contributed by atoms with E-state index in [1.54, 1.807) is 41.5 Å². The third-order valence-corrected chi connectivity index (χ3v) is 12.4. The summed E-state index contributed by atoms with van der Waals surface area (Å²) in [6, 6.07) is 0. The second kappa shape index (κ2) is 21.1. The van der Waals surface area contributed by atoms with Gasteiger partial charge < -0.3 is 20.1 Å². The Morgan fingerprint density at radius 1 is 0.455 bits per heavy atom. The molecule has 198 valence electrons. The molecule has 3 saturated carbocycles. The van der Waals surface area contributed by atoms with E-state index in [1.807, 2.05) is 0 Å². The fraction of sp³-hybridized carbons (Fsp3) is 1.00. The Hall–Kier alpha value is 0.940. The van der Waals surface area contributed by atoms with E-state index < -0.39 is 8.32 Å². The summed E-state index contributed by atoms with van der Waals surface area (Å²) >= 11 is 0. The monoisotopic (exact) mass is 564 g/mol. The van der Waals surface area contributed by atoms with Crippen LogP contribution < -0.4 is 0 Å². The first-order valence-electron chi connectivity index (χ1n) is 13.8. The van der Waals surface area contributed by atoms with Crippen molar-refractivity contribution in [2.75, 3.05) is 0 Å². The van der Waals surface area contributed by atoms with Gasteiger partial charge in [-0.3, -0.25) is 0 Å². The molecule has 0 aromatic heterocycles. The van der Waals surface area contributed by atoms with E-state index in [4.69, 9.17) is 15.3 Å². The SMILES string of the molecule is CC(C)O.CC(C)O.CC(C)O.O[Si](C1CCCCC1)(C1CCCCC1)C1CCCCC1.[Zr]. The Bertz CT molecular complexity index is 348. The van der Waals surface area contributed by atoms with Crippen LogP contribution >= 0.6 is 0 Å². The van der Waals surface area contributed by atoms with Gasteiger partial charge in [0.15, 0.2) is 8.32 Å². The molecular formula is C27H58O4SiZr. The number of hydrogen-bond donors (Lipinski definition) is 4. The molecule has 3 rings (SSSR count). The molecular weight excluding hydrogens is 508 g/mol. The Balaban J connectivity index is 0. The van der Waals surface area contributed by atoms with Gasteiger partial charge in [-0.1, -0.05) is 96.3 Å². The average molecular weight is 566 g/mol. The summed E-state index contributed by atoms with van der Waals surface area (Å²) < 4.78 is 0. The zero-order valence-corrected chi connectivity index (χ0v) is 26.3.